The number of H-pyrrole nitrogens is 1. The molecule has 3 heterocycles. The van der Waals surface area contributed by atoms with E-state index < -0.39 is 0 Å². The molecule has 0 spiro atoms. The molecule has 9 nitrogen and oxygen atoms in total. The highest BCUT2D eigenvalue weighted by molar-refractivity contribution is 5.98. The molecule has 43 heavy (non-hydrogen) atoms. The van der Waals surface area contributed by atoms with Crippen LogP contribution < -0.4 is 10.9 Å². The largest absolute Gasteiger partial charge is 0.377 e. The molecule has 1 saturated heterocycles. The van der Waals surface area contributed by atoms with Gasteiger partial charge in [-0.05, 0) is 67.9 Å². The molecule has 2 N–H and O–H groups in total. The van der Waals surface area contributed by atoms with E-state index in [0.717, 1.165) is 47.3 Å². The van der Waals surface area contributed by atoms with Gasteiger partial charge in [-0.15, -0.1) is 0 Å². The van der Waals surface area contributed by atoms with Crippen LogP contribution in [0.3, 0.4) is 0 Å². The van der Waals surface area contributed by atoms with Crippen molar-refractivity contribution >= 4 is 28.3 Å². The molecule has 1 aliphatic carbocycles. The zero-order chi connectivity index (χ0) is 29.7. The van der Waals surface area contributed by atoms with Gasteiger partial charge >= 0.3 is 0 Å². The van der Waals surface area contributed by atoms with Crippen LogP contribution in [0.15, 0.2) is 71.5 Å². The maximum Gasteiger partial charge on any atom is 0.272 e. The van der Waals surface area contributed by atoms with Crippen molar-refractivity contribution in [3.8, 4) is 0 Å². The fraction of sp³-hybridized carbons (Fsp3) is 0.353. The molecular weight excluding hydrogens is 540 g/mol. The van der Waals surface area contributed by atoms with Crippen LogP contribution in [-0.2, 0) is 11.3 Å². The summed E-state index contributed by atoms with van der Waals surface area (Å²) in [4.78, 5) is 44.9. The molecule has 2 fully saturated rings. The molecular formula is C34H36N6O3. The van der Waals surface area contributed by atoms with Gasteiger partial charge < -0.3 is 20.0 Å². The first-order chi connectivity index (χ1) is 20.9. The summed E-state index contributed by atoms with van der Waals surface area (Å²) >= 11 is 0. The first-order valence-electron chi connectivity index (χ1n) is 15.1. The molecule has 3 aromatic carbocycles. The van der Waals surface area contributed by atoms with Crippen LogP contribution in [0.2, 0.25) is 0 Å². The summed E-state index contributed by atoms with van der Waals surface area (Å²) in [6, 6.07) is 21.9. The summed E-state index contributed by atoms with van der Waals surface area (Å²) in [7, 11) is 4.11. The molecule has 1 saturated carbocycles. The van der Waals surface area contributed by atoms with E-state index >= 15 is 0 Å². The van der Waals surface area contributed by atoms with Crippen molar-refractivity contribution in [1.82, 2.24) is 24.9 Å². The molecule has 2 amide bonds. The zero-order valence-corrected chi connectivity index (χ0v) is 24.5. The van der Waals surface area contributed by atoms with E-state index in [2.05, 4.69) is 58.8 Å². The number of carbonyl (C=O) groups excluding carboxylic acids is 2. The Bertz CT molecular complexity index is 1750. The number of aromatic amines is 1. The Balaban J connectivity index is 1.23. The Labute approximate surface area is 250 Å². The van der Waals surface area contributed by atoms with Crippen LogP contribution in [0, 0.1) is 5.92 Å². The fourth-order valence-corrected chi connectivity index (χ4v) is 6.59. The number of hydrogen-bond donors (Lipinski definition) is 2. The van der Waals surface area contributed by atoms with E-state index in [1.165, 1.54) is 5.56 Å². The Morgan fingerprint density at radius 3 is 2.35 bits per heavy atom. The third-order valence-corrected chi connectivity index (χ3v) is 8.92. The molecule has 3 aliphatic rings. The lowest BCUT2D eigenvalue weighted by atomic mass is 9.79. The van der Waals surface area contributed by atoms with Crippen molar-refractivity contribution < 1.29 is 9.59 Å². The smallest absolute Gasteiger partial charge is 0.272 e. The molecule has 4 aromatic rings. The fourth-order valence-electron chi connectivity index (χ4n) is 6.59. The van der Waals surface area contributed by atoms with Gasteiger partial charge in [-0.2, -0.15) is 5.10 Å². The topological polar surface area (TPSA) is 102 Å². The summed E-state index contributed by atoms with van der Waals surface area (Å²) in [5.74, 6) is 0.140. The predicted molar refractivity (Wildman–Crippen MR) is 166 cm³/mol. The van der Waals surface area contributed by atoms with Crippen LogP contribution in [-0.4, -0.2) is 77.0 Å². The maximum atomic E-state index is 13.7. The van der Waals surface area contributed by atoms with E-state index in [9.17, 15) is 14.4 Å². The number of piperazine rings is 1. The Kier molecular flexibility index (Phi) is 6.97. The number of nitrogens with one attached hydrogen (secondary N) is 2. The van der Waals surface area contributed by atoms with Gasteiger partial charge in [-0.1, -0.05) is 42.5 Å². The van der Waals surface area contributed by atoms with Gasteiger partial charge in [0.2, 0.25) is 5.91 Å². The summed E-state index contributed by atoms with van der Waals surface area (Å²) in [6.07, 6.45) is 1.98. The molecule has 9 heteroatoms. The highest BCUT2D eigenvalue weighted by Crippen LogP contribution is 2.46. The number of carbonyl (C=O) groups is 2. The van der Waals surface area contributed by atoms with Crippen LogP contribution in [0.1, 0.15) is 57.5 Å². The summed E-state index contributed by atoms with van der Waals surface area (Å²) < 4.78 is 0. The standard InChI is InChI=1S/C34H36N6O3/c1-38(2)20-21-9-11-22(12-10-21)30-28(31-29-26(32(41)37-36-31)7-4-8-27(29)35-30)24-5-3-6-25(19-24)34(43)40-17-15-39(16-18-40)33(42)23-13-14-23/h3-12,19,23,28,30,35H,13-18,20H2,1-2H3,(H,37,41). The summed E-state index contributed by atoms with van der Waals surface area (Å²) in [5.41, 5.74) is 5.29. The van der Waals surface area contributed by atoms with Gasteiger partial charge in [0.25, 0.3) is 11.5 Å². The van der Waals surface area contributed by atoms with Crippen molar-refractivity contribution in [1.29, 1.82) is 0 Å². The van der Waals surface area contributed by atoms with Crippen molar-refractivity contribution in [2.24, 2.45) is 5.92 Å². The summed E-state index contributed by atoms with van der Waals surface area (Å²) in [6.45, 7) is 3.07. The number of benzene rings is 3. The van der Waals surface area contributed by atoms with Gasteiger partial charge in [0.05, 0.1) is 23.0 Å². The summed E-state index contributed by atoms with van der Waals surface area (Å²) in [5, 5.41) is 12.5. The first-order valence-corrected chi connectivity index (χ1v) is 15.1. The monoisotopic (exact) mass is 576 g/mol. The van der Waals surface area contributed by atoms with Crippen LogP contribution in [0.4, 0.5) is 5.69 Å². The maximum absolute atomic E-state index is 13.7. The zero-order valence-electron chi connectivity index (χ0n) is 24.5. The average molecular weight is 577 g/mol. The SMILES string of the molecule is CN(C)Cc1ccc(C2Nc3cccc4c(=O)[nH]nc(c34)C2c2cccc(C(=O)N3CCN(C(=O)C4CC4)CC3)c2)cc1. The van der Waals surface area contributed by atoms with Crippen molar-refractivity contribution in [3.63, 3.8) is 0 Å². The van der Waals surface area contributed by atoms with Crippen molar-refractivity contribution in [2.45, 2.75) is 31.3 Å². The van der Waals surface area contributed by atoms with Crippen LogP contribution in [0.25, 0.3) is 10.8 Å². The van der Waals surface area contributed by atoms with Crippen molar-refractivity contribution in [2.75, 3.05) is 45.6 Å². The molecule has 2 unspecified atom stereocenters. The molecule has 7 rings (SSSR count). The predicted octanol–water partition coefficient (Wildman–Crippen LogP) is 3.98. The number of aromatic nitrogens is 2. The number of anilines is 1. The average Bonchev–Trinajstić information content (AvgIpc) is 3.88. The minimum atomic E-state index is -0.255. The highest BCUT2D eigenvalue weighted by Gasteiger charge is 2.37. The molecule has 220 valence electrons. The van der Waals surface area contributed by atoms with Gasteiger partial charge in [-0.3, -0.25) is 14.4 Å². The molecule has 1 aromatic heterocycles. The number of rotatable bonds is 6. The number of hydrogen-bond acceptors (Lipinski definition) is 6. The molecule has 2 atom stereocenters. The van der Waals surface area contributed by atoms with Crippen LogP contribution in [0.5, 0.6) is 0 Å². The minimum absolute atomic E-state index is 0.0336. The Morgan fingerprint density at radius 2 is 1.63 bits per heavy atom. The lowest BCUT2D eigenvalue weighted by molar-refractivity contribution is -0.134. The van der Waals surface area contributed by atoms with E-state index in [1.807, 2.05) is 52.3 Å². The first kappa shape index (κ1) is 27.3. The van der Waals surface area contributed by atoms with E-state index in [1.54, 1.807) is 0 Å². The second-order valence-electron chi connectivity index (χ2n) is 12.3. The lowest BCUT2D eigenvalue weighted by Gasteiger charge is -2.36. The molecule has 0 radical (unpaired) electrons. The Morgan fingerprint density at radius 1 is 0.907 bits per heavy atom. The second-order valence-corrected chi connectivity index (χ2v) is 12.3. The third-order valence-electron chi connectivity index (χ3n) is 8.92. The number of amides is 2. The molecule has 2 aliphatic heterocycles. The molecule has 0 bridgehead atoms. The Hall–Kier alpha value is -4.50. The highest BCUT2D eigenvalue weighted by atomic mass is 16.2. The third kappa shape index (κ3) is 5.18. The van der Waals surface area contributed by atoms with E-state index in [-0.39, 0.29) is 35.3 Å². The second kappa shape index (κ2) is 11.0. The van der Waals surface area contributed by atoms with Crippen LogP contribution >= 0.6 is 0 Å². The van der Waals surface area contributed by atoms with Gasteiger partial charge in [0.1, 0.15) is 0 Å². The minimum Gasteiger partial charge on any atom is -0.377 e. The quantitative estimate of drug-likeness (QED) is 0.360. The normalized spacial score (nSPS) is 19.9. The lowest BCUT2D eigenvalue weighted by Crippen LogP contribution is -2.51. The van der Waals surface area contributed by atoms with E-state index in [0.29, 0.717) is 37.1 Å². The van der Waals surface area contributed by atoms with Crippen molar-refractivity contribution in [3.05, 3.63) is 105 Å². The van der Waals surface area contributed by atoms with Gasteiger partial charge in [0, 0.05) is 55.3 Å². The van der Waals surface area contributed by atoms with E-state index in [4.69, 9.17) is 0 Å². The van der Waals surface area contributed by atoms with Gasteiger partial charge in [-0.25, -0.2) is 5.10 Å². The number of nitrogens with zero attached hydrogens (tertiary/aromatic N) is 4. The van der Waals surface area contributed by atoms with Gasteiger partial charge in [0.15, 0.2) is 0 Å².